The van der Waals surface area contributed by atoms with E-state index in [9.17, 15) is 4.79 Å². The lowest BCUT2D eigenvalue weighted by atomic mass is 10.1. The SMILES string of the molecule is CCCCCCn1c(CCCCCNC(=O)C2CC2)nc2ccccc21. The van der Waals surface area contributed by atoms with E-state index in [2.05, 4.69) is 41.1 Å². The summed E-state index contributed by atoms with van der Waals surface area (Å²) in [4.78, 5) is 16.5. The summed E-state index contributed by atoms with van der Waals surface area (Å²) in [5.41, 5.74) is 2.39. The molecule has 0 spiro atoms. The first-order chi connectivity index (χ1) is 12.8. The second-order valence-corrected chi connectivity index (χ2v) is 7.61. The summed E-state index contributed by atoms with van der Waals surface area (Å²) in [6.45, 7) is 4.15. The topological polar surface area (TPSA) is 46.9 Å². The van der Waals surface area contributed by atoms with Gasteiger partial charge in [0, 0.05) is 25.4 Å². The Labute approximate surface area is 157 Å². The molecule has 1 aliphatic rings. The number of aromatic nitrogens is 2. The Bertz CT molecular complexity index is 702. The van der Waals surface area contributed by atoms with E-state index in [0.29, 0.717) is 5.92 Å². The molecule has 4 heteroatoms. The fourth-order valence-corrected chi connectivity index (χ4v) is 3.55. The van der Waals surface area contributed by atoms with E-state index < -0.39 is 0 Å². The van der Waals surface area contributed by atoms with Gasteiger partial charge in [-0.3, -0.25) is 4.79 Å². The first-order valence-corrected chi connectivity index (χ1v) is 10.5. The average Bonchev–Trinajstić information content (AvgIpc) is 3.45. The van der Waals surface area contributed by atoms with Gasteiger partial charge < -0.3 is 9.88 Å². The summed E-state index contributed by atoms with van der Waals surface area (Å²) in [5.74, 6) is 1.81. The van der Waals surface area contributed by atoms with E-state index in [4.69, 9.17) is 4.98 Å². The number of carbonyl (C=O) groups excluding carboxylic acids is 1. The molecule has 3 rings (SSSR count). The molecule has 2 aromatic rings. The molecule has 4 nitrogen and oxygen atoms in total. The molecular weight excluding hydrogens is 322 g/mol. The fourth-order valence-electron chi connectivity index (χ4n) is 3.55. The maximum Gasteiger partial charge on any atom is 0.223 e. The van der Waals surface area contributed by atoms with Crippen molar-refractivity contribution in [1.82, 2.24) is 14.9 Å². The lowest BCUT2D eigenvalue weighted by Gasteiger charge is -2.09. The number of para-hydroxylation sites is 2. The van der Waals surface area contributed by atoms with Crippen LogP contribution in [0.5, 0.6) is 0 Å². The quantitative estimate of drug-likeness (QED) is 0.553. The highest BCUT2D eigenvalue weighted by Gasteiger charge is 2.28. The van der Waals surface area contributed by atoms with Crippen LogP contribution >= 0.6 is 0 Å². The van der Waals surface area contributed by atoms with E-state index >= 15 is 0 Å². The van der Waals surface area contributed by atoms with Crippen molar-refractivity contribution in [3.05, 3.63) is 30.1 Å². The van der Waals surface area contributed by atoms with Crippen LogP contribution < -0.4 is 5.32 Å². The lowest BCUT2D eigenvalue weighted by Crippen LogP contribution is -2.25. The molecule has 142 valence electrons. The van der Waals surface area contributed by atoms with E-state index in [1.165, 1.54) is 37.0 Å². The first kappa shape index (κ1) is 18.9. The molecule has 1 aromatic carbocycles. The molecule has 1 aliphatic carbocycles. The third kappa shape index (κ3) is 5.33. The average molecular weight is 356 g/mol. The molecule has 0 aliphatic heterocycles. The van der Waals surface area contributed by atoms with Crippen LogP contribution in [0, 0.1) is 5.92 Å². The largest absolute Gasteiger partial charge is 0.356 e. The zero-order valence-corrected chi connectivity index (χ0v) is 16.2. The van der Waals surface area contributed by atoms with Gasteiger partial charge in [0.2, 0.25) is 5.91 Å². The molecule has 1 N–H and O–H groups in total. The number of carbonyl (C=O) groups is 1. The molecule has 0 radical (unpaired) electrons. The van der Waals surface area contributed by atoms with Crippen molar-refractivity contribution in [2.75, 3.05) is 6.54 Å². The zero-order valence-electron chi connectivity index (χ0n) is 16.2. The molecule has 0 bridgehead atoms. The number of nitrogens with zero attached hydrogens (tertiary/aromatic N) is 2. The molecule has 26 heavy (non-hydrogen) atoms. The minimum absolute atomic E-state index is 0.263. The number of hydrogen-bond donors (Lipinski definition) is 1. The van der Waals surface area contributed by atoms with Crippen LogP contribution in [0.2, 0.25) is 0 Å². The van der Waals surface area contributed by atoms with E-state index in [0.717, 1.165) is 57.1 Å². The predicted molar refractivity (Wildman–Crippen MR) is 107 cm³/mol. The molecule has 1 fully saturated rings. The Balaban J connectivity index is 1.47. The van der Waals surface area contributed by atoms with Crippen LogP contribution in [0.25, 0.3) is 11.0 Å². The summed E-state index contributed by atoms with van der Waals surface area (Å²) in [6.07, 6.45) is 11.7. The Kier molecular flexibility index (Phi) is 7.10. The zero-order chi connectivity index (χ0) is 18.2. The number of aryl methyl sites for hydroxylation is 2. The maximum absolute atomic E-state index is 11.6. The van der Waals surface area contributed by atoms with E-state index in [1.54, 1.807) is 0 Å². The van der Waals surface area contributed by atoms with Gasteiger partial charge in [0.25, 0.3) is 0 Å². The standard InChI is InChI=1S/C22H33N3O/c1-2-3-4-10-17-25-20-12-8-7-11-19(20)24-21(25)13-6-5-9-16-23-22(26)18-14-15-18/h7-8,11-12,18H,2-6,9-10,13-17H2,1H3,(H,23,26). The Morgan fingerprint density at radius 3 is 2.73 bits per heavy atom. The van der Waals surface area contributed by atoms with E-state index in [-0.39, 0.29) is 5.91 Å². The second kappa shape index (κ2) is 9.75. The van der Waals surface area contributed by atoms with Crippen molar-refractivity contribution in [3.63, 3.8) is 0 Å². The van der Waals surface area contributed by atoms with Gasteiger partial charge in [-0.05, 0) is 44.2 Å². The fraction of sp³-hybridized carbons (Fsp3) is 0.636. The normalized spacial score (nSPS) is 14.0. The molecular formula is C22H33N3O. The van der Waals surface area contributed by atoms with Gasteiger partial charge in [-0.25, -0.2) is 4.98 Å². The minimum Gasteiger partial charge on any atom is -0.356 e. The van der Waals surface area contributed by atoms with Gasteiger partial charge in [-0.15, -0.1) is 0 Å². The Morgan fingerprint density at radius 1 is 1.12 bits per heavy atom. The number of rotatable bonds is 12. The van der Waals surface area contributed by atoms with Crippen LogP contribution in [0.1, 0.15) is 70.5 Å². The van der Waals surface area contributed by atoms with Gasteiger partial charge in [0.15, 0.2) is 0 Å². The number of nitrogens with one attached hydrogen (secondary N) is 1. The maximum atomic E-state index is 11.6. The highest BCUT2D eigenvalue weighted by Crippen LogP contribution is 2.28. The third-order valence-corrected chi connectivity index (χ3v) is 5.29. The van der Waals surface area contributed by atoms with Crippen LogP contribution in [0.4, 0.5) is 0 Å². The Hall–Kier alpha value is -1.84. The van der Waals surface area contributed by atoms with Gasteiger partial charge in [0.05, 0.1) is 11.0 Å². The highest BCUT2D eigenvalue weighted by molar-refractivity contribution is 5.80. The monoisotopic (exact) mass is 355 g/mol. The predicted octanol–water partition coefficient (Wildman–Crippen LogP) is 4.86. The molecule has 1 heterocycles. The lowest BCUT2D eigenvalue weighted by molar-refractivity contribution is -0.122. The number of imidazole rings is 1. The molecule has 1 saturated carbocycles. The van der Waals surface area contributed by atoms with Gasteiger partial charge in [-0.1, -0.05) is 44.7 Å². The number of unbranched alkanes of at least 4 members (excludes halogenated alkanes) is 5. The summed E-state index contributed by atoms with van der Waals surface area (Å²) in [6, 6.07) is 8.50. The van der Waals surface area contributed by atoms with Crippen LogP contribution in [0.3, 0.4) is 0 Å². The van der Waals surface area contributed by atoms with Gasteiger partial charge >= 0.3 is 0 Å². The van der Waals surface area contributed by atoms with Gasteiger partial charge in [-0.2, -0.15) is 0 Å². The number of benzene rings is 1. The van der Waals surface area contributed by atoms with Crippen LogP contribution in [0.15, 0.2) is 24.3 Å². The molecule has 0 unspecified atom stereocenters. The van der Waals surface area contributed by atoms with Crippen molar-refractivity contribution < 1.29 is 4.79 Å². The molecule has 1 aromatic heterocycles. The summed E-state index contributed by atoms with van der Waals surface area (Å²) < 4.78 is 2.43. The van der Waals surface area contributed by atoms with E-state index in [1.807, 2.05) is 0 Å². The van der Waals surface area contributed by atoms with Crippen molar-refractivity contribution in [2.24, 2.45) is 5.92 Å². The summed E-state index contributed by atoms with van der Waals surface area (Å²) in [7, 11) is 0. The highest BCUT2D eigenvalue weighted by atomic mass is 16.2. The smallest absolute Gasteiger partial charge is 0.223 e. The van der Waals surface area contributed by atoms with Gasteiger partial charge in [0.1, 0.15) is 5.82 Å². The number of fused-ring (bicyclic) bond motifs is 1. The second-order valence-electron chi connectivity index (χ2n) is 7.61. The van der Waals surface area contributed by atoms with Crippen LogP contribution in [-0.2, 0) is 17.8 Å². The number of hydrogen-bond acceptors (Lipinski definition) is 2. The summed E-state index contributed by atoms with van der Waals surface area (Å²) in [5, 5.41) is 3.06. The molecule has 1 amide bonds. The summed E-state index contributed by atoms with van der Waals surface area (Å²) >= 11 is 0. The van der Waals surface area contributed by atoms with Crippen molar-refractivity contribution in [1.29, 1.82) is 0 Å². The third-order valence-electron chi connectivity index (χ3n) is 5.29. The minimum atomic E-state index is 0.263. The molecule has 0 saturated heterocycles. The number of amides is 1. The first-order valence-electron chi connectivity index (χ1n) is 10.5. The van der Waals surface area contributed by atoms with Crippen molar-refractivity contribution >= 4 is 16.9 Å². The molecule has 0 atom stereocenters. The van der Waals surface area contributed by atoms with Crippen molar-refractivity contribution in [2.45, 2.75) is 77.7 Å². The Morgan fingerprint density at radius 2 is 1.92 bits per heavy atom. The van der Waals surface area contributed by atoms with Crippen molar-refractivity contribution in [3.8, 4) is 0 Å². The van der Waals surface area contributed by atoms with Crippen LogP contribution in [-0.4, -0.2) is 22.0 Å².